The number of nitrogens with one attached hydrogen (secondary N) is 2. The molecule has 2 amide bonds. The van der Waals surface area contributed by atoms with Gasteiger partial charge in [-0.15, -0.1) is 0 Å². The normalized spacial score (nSPS) is 12.8. The molecule has 0 aliphatic rings. The third-order valence-corrected chi connectivity index (χ3v) is 4.77. The summed E-state index contributed by atoms with van der Waals surface area (Å²) in [5, 5.41) is 20.1. The predicted octanol–water partition coefficient (Wildman–Crippen LogP) is 4.00. The molecule has 2 aromatic rings. The first-order chi connectivity index (χ1) is 16.5. The average Bonchev–Trinajstić information content (AvgIpc) is 2.86. The number of anilines is 1. The van der Waals surface area contributed by atoms with E-state index in [0.29, 0.717) is 23.6 Å². The van der Waals surface area contributed by atoms with Crippen molar-refractivity contribution in [3.8, 4) is 11.5 Å². The summed E-state index contributed by atoms with van der Waals surface area (Å²) in [7, 11) is 1.56. The van der Waals surface area contributed by atoms with Gasteiger partial charge in [0.05, 0.1) is 13.7 Å². The molecular weight excluding hydrogens is 440 g/mol. The fourth-order valence-electron chi connectivity index (χ4n) is 3.04. The zero-order chi connectivity index (χ0) is 24.8. The summed E-state index contributed by atoms with van der Waals surface area (Å²) in [5.74, 6) is 0.532. The summed E-state index contributed by atoms with van der Waals surface area (Å²) in [6, 6.07) is 14.0. The fourth-order valence-corrected chi connectivity index (χ4v) is 3.04. The quantitative estimate of drug-likeness (QED) is 0.160. The highest BCUT2D eigenvalue weighted by atomic mass is 16.6. The van der Waals surface area contributed by atoms with Crippen molar-refractivity contribution in [1.82, 2.24) is 5.48 Å². The van der Waals surface area contributed by atoms with Crippen molar-refractivity contribution in [2.24, 2.45) is 5.92 Å². The molecule has 0 aliphatic carbocycles. The lowest BCUT2D eigenvalue weighted by Crippen LogP contribution is -2.21. The first-order valence-corrected chi connectivity index (χ1v) is 10.7. The molecule has 182 valence electrons. The van der Waals surface area contributed by atoms with E-state index in [4.69, 9.17) is 24.5 Å². The van der Waals surface area contributed by atoms with E-state index in [1.807, 2.05) is 25.1 Å². The maximum atomic E-state index is 12.6. The average molecular weight is 471 g/mol. The summed E-state index contributed by atoms with van der Waals surface area (Å²) in [4.78, 5) is 23.7. The molecule has 9 nitrogen and oxygen atoms in total. The molecule has 0 aromatic heterocycles. The van der Waals surface area contributed by atoms with Gasteiger partial charge in [-0.25, -0.2) is 10.3 Å². The summed E-state index contributed by atoms with van der Waals surface area (Å²) >= 11 is 0. The van der Waals surface area contributed by atoms with Crippen LogP contribution in [0.15, 0.2) is 72.8 Å². The number of methoxy groups -OCH3 is 1. The molecule has 2 rings (SSSR count). The number of hydroxylamine groups is 1. The van der Waals surface area contributed by atoms with Crippen LogP contribution in [-0.2, 0) is 9.53 Å². The Kier molecular flexibility index (Phi) is 11.2. The highest BCUT2D eigenvalue weighted by molar-refractivity contribution is 5.86. The molecule has 0 radical (unpaired) electrons. The SMILES string of the molecule is COc1ccc(NC(=O)O[C@@H](c2ccc(OCCO)cc2)[C@H](C)C/C=C/C=C/C(=O)NO)cc1. The van der Waals surface area contributed by atoms with Gasteiger partial charge >= 0.3 is 6.09 Å². The maximum absolute atomic E-state index is 12.6. The summed E-state index contributed by atoms with van der Waals surface area (Å²) in [6.07, 6.45) is 5.56. The summed E-state index contributed by atoms with van der Waals surface area (Å²) < 4.78 is 16.3. The van der Waals surface area contributed by atoms with Crippen LogP contribution in [0.4, 0.5) is 10.5 Å². The van der Waals surface area contributed by atoms with Crippen LogP contribution in [0.3, 0.4) is 0 Å². The van der Waals surface area contributed by atoms with Crippen molar-refractivity contribution in [3.63, 3.8) is 0 Å². The van der Waals surface area contributed by atoms with Gasteiger partial charge in [-0.05, 0) is 48.4 Å². The Labute approximate surface area is 198 Å². The minimum atomic E-state index is -0.627. The zero-order valence-corrected chi connectivity index (χ0v) is 19.1. The van der Waals surface area contributed by atoms with E-state index < -0.39 is 18.1 Å². The van der Waals surface area contributed by atoms with E-state index in [-0.39, 0.29) is 19.1 Å². The van der Waals surface area contributed by atoms with E-state index >= 15 is 0 Å². The van der Waals surface area contributed by atoms with Crippen LogP contribution >= 0.6 is 0 Å². The van der Waals surface area contributed by atoms with Gasteiger partial charge in [-0.3, -0.25) is 15.3 Å². The third kappa shape index (κ3) is 8.97. The van der Waals surface area contributed by atoms with Gasteiger partial charge in [-0.1, -0.05) is 37.3 Å². The molecule has 34 heavy (non-hydrogen) atoms. The van der Waals surface area contributed by atoms with Crippen LogP contribution in [0.5, 0.6) is 11.5 Å². The van der Waals surface area contributed by atoms with E-state index in [9.17, 15) is 9.59 Å². The molecule has 0 aliphatic heterocycles. The third-order valence-electron chi connectivity index (χ3n) is 4.77. The number of rotatable bonds is 12. The molecular formula is C25H30N2O7. The standard InChI is InChI=1S/C25H30N2O7/c1-18(6-4-3-5-7-23(29)27-31)24(19-8-12-22(13-9-19)33-17-16-28)34-25(30)26-20-10-14-21(32-2)15-11-20/h3-5,7-15,18,24,28,31H,6,16-17H2,1-2H3,(H,26,30)(H,27,29)/b4-3+,7-5+/t18-,24-/m1/s1. The number of hydrogen-bond donors (Lipinski definition) is 4. The molecule has 4 N–H and O–H groups in total. The van der Waals surface area contributed by atoms with Crippen molar-refractivity contribution in [2.45, 2.75) is 19.4 Å². The van der Waals surface area contributed by atoms with E-state index in [0.717, 1.165) is 5.56 Å². The number of carbonyl (C=O) groups excluding carboxylic acids is 2. The zero-order valence-electron chi connectivity index (χ0n) is 19.1. The molecule has 0 bridgehead atoms. The Hall–Kier alpha value is -3.82. The molecule has 0 heterocycles. The van der Waals surface area contributed by atoms with E-state index in [1.165, 1.54) is 17.6 Å². The first kappa shape index (κ1) is 26.4. The maximum Gasteiger partial charge on any atom is 0.412 e. The number of benzene rings is 2. The lowest BCUT2D eigenvalue weighted by Gasteiger charge is -2.24. The molecule has 0 unspecified atom stereocenters. The van der Waals surface area contributed by atoms with E-state index in [1.54, 1.807) is 49.6 Å². The van der Waals surface area contributed by atoms with Gasteiger partial charge in [0.2, 0.25) is 0 Å². The number of aliphatic hydroxyl groups excluding tert-OH is 1. The second-order valence-corrected chi connectivity index (χ2v) is 7.30. The topological polar surface area (TPSA) is 126 Å². The van der Waals surface area contributed by atoms with Gasteiger partial charge in [0.1, 0.15) is 24.2 Å². The Morgan fingerprint density at radius 3 is 2.32 bits per heavy atom. The second kappa shape index (κ2) is 14.4. The van der Waals surface area contributed by atoms with Crippen LogP contribution in [0.1, 0.15) is 25.0 Å². The second-order valence-electron chi connectivity index (χ2n) is 7.30. The Morgan fingerprint density at radius 1 is 1.03 bits per heavy atom. The minimum Gasteiger partial charge on any atom is -0.497 e. The van der Waals surface area contributed by atoms with Gasteiger partial charge in [0.25, 0.3) is 5.91 Å². The van der Waals surface area contributed by atoms with Crippen LogP contribution in [0.2, 0.25) is 0 Å². The van der Waals surface area contributed by atoms with Crippen molar-refractivity contribution in [1.29, 1.82) is 0 Å². The predicted molar refractivity (Wildman–Crippen MR) is 127 cm³/mol. The Bertz CT molecular complexity index is 956. The molecule has 0 saturated heterocycles. The first-order valence-electron chi connectivity index (χ1n) is 10.7. The lowest BCUT2D eigenvalue weighted by atomic mass is 9.94. The van der Waals surface area contributed by atoms with Gasteiger partial charge < -0.3 is 19.3 Å². The largest absolute Gasteiger partial charge is 0.497 e. The Balaban J connectivity index is 2.11. The van der Waals surface area contributed by atoms with E-state index in [2.05, 4.69) is 5.32 Å². The minimum absolute atomic E-state index is 0.0865. The smallest absolute Gasteiger partial charge is 0.412 e. The number of carbonyl (C=O) groups is 2. The number of allylic oxidation sites excluding steroid dienone is 3. The van der Waals surface area contributed by atoms with Crippen LogP contribution in [0, 0.1) is 5.92 Å². The molecule has 9 heteroatoms. The molecule has 2 aromatic carbocycles. The van der Waals surface area contributed by atoms with Crippen molar-refractivity contribution < 1.29 is 34.1 Å². The van der Waals surface area contributed by atoms with Gasteiger partial charge in [-0.2, -0.15) is 0 Å². The Morgan fingerprint density at radius 2 is 1.71 bits per heavy atom. The highest BCUT2D eigenvalue weighted by Crippen LogP contribution is 2.31. The summed E-state index contributed by atoms with van der Waals surface area (Å²) in [6.45, 7) is 2.04. The van der Waals surface area contributed by atoms with Crippen molar-refractivity contribution in [2.75, 3.05) is 25.6 Å². The molecule has 0 spiro atoms. The number of amides is 2. The number of ether oxygens (including phenoxy) is 3. The van der Waals surface area contributed by atoms with Crippen LogP contribution in [-0.4, -0.2) is 42.6 Å². The number of aliphatic hydroxyl groups is 1. The fraction of sp³-hybridized carbons (Fsp3) is 0.280. The van der Waals surface area contributed by atoms with Gasteiger partial charge in [0, 0.05) is 17.7 Å². The highest BCUT2D eigenvalue weighted by Gasteiger charge is 2.23. The van der Waals surface area contributed by atoms with Crippen molar-refractivity contribution >= 4 is 17.7 Å². The molecule has 2 atom stereocenters. The molecule has 0 saturated carbocycles. The number of hydrogen-bond acceptors (Lipinski definition) is 7. The van der Waals surface area contributed by atoms with Crippen molar-refractivity contribution in [3.05, 3.63) is 78.4 Å². The van der Waals surface area contributed by atoms with Gasteiger partial charge in [0.15, 0.2) is 0 Å². The van der Waals surface area contributed by atoms with Crippen LogP contribution in [0.25, 0.3) is 0 Å². The van der Waals surface area contributed by atoms with Crippen LogP contribution < -0.4 is 20.3 Å². The lowest BCUT2D eigenvalue weighted by molar-refractivity contribution is -0.124. The molecule has 0 fully saturated rings. The summed E-state index contributed by atoms with van der Waals surface area (Å²) in [5.41, 5.74) is 2.86. The monoisotopic (exact) mass is 470 g/mol.